The lowest BCUT2D eigenvalue weighted by Crippen LogP contribution is -2.47. The number of amides is 3. The number of rotatable bonds is 10. The van der Waals surface area contributed by atoms with Gasteiger partial charge >= 0.3 is 12.1 Å². The van der Waals surface area contributed by atoms with Gasteiger partial charge in [-0.3, -0.25) is 5.32 Å². The third kappa shape index (κ3) is 7.89. The summed E-state index contributed by atoms with van der Waals surface area (Å²) in [6.45, 7) is -0.927. The molecule has 3 aromatic rings. The zero-order valence-corrected chi connectivity index (χ0v) is 20.9. The Morgan fingerprint density at radius 3 is 2.79 bits per heavy atom. The zero-order chi connectivity index (χ0) is 27.7. The lowest BCUT2D eigenvalue weighted by atomic mass is 10.1. The first-order valence-electron chi connectivity index (χ1n) is 11.3. The predicted molar refractivity (Wildman–Crippen MR) is 134 cm³/mol. The molecule has 2 atom stereocenters. The van der Waals surface area contributed by atoms with Crippen molar-refractivity contribution in [3.05, 3.63) is 70.9 Å². The number of pyridine rings is 1. The lowest BCUT2D eigenvalue weighted by molar-refractivity contribution is 0.102. The SMILES string of the molecule is CN(C(=O)NCc1cccc(F)c1Cl)[C@H](COC(=O)Nc1cc2cc(F)ccc2cn1)CC(F)CN=[N+]=N. The fourth-order valence-electron chi connectivity index (χ4n) is 3.48. The number of carbonyl (C=O) groups is 2. The number of aromatic nitrogens is 1. The van der Waals surface area contributed by atoms with Crippen molar-refractivity contribution in [2.75, 3.05) is 25.5 Å². The molecule has 2 aromatic carbocycles. The van der Waals surface area contributed by atoms with Gasteiger partial charge in [0.15, 0.2) is 6.54 Å². The molecular weight excluding hydrogens is 527 g/mol. The topological polar surface area (TPSA) is 134 Å². The number of likely N-dealkylation sites (N-methyl/N-ethyl adjacent to an activating group) is 1. The number of urea groups is 1. The Kier molecular flexibility index (Phi) is 9.97. The minimum atomic E-state index is -1.59. The van der Waals surface area contributed by atoms with E-state index in [4.69, 9.17) is 21.9 Å². The number of halogens is 4. The van der Waals surface area contributed by atoms with Crippen LogP contribution in [0.25, 0.3) is 10.8 Å². The van der Waals surface area contributed by atoms with Crippen LogP contribution in [0.3, 0.4) is 0 Å². The summed E-state index contributed by atoms with van der Waals surface area (Å²) in [4.78, 5) is 33.1. The van der Waals surface area contributed by atoms with Crippen molar-refractivity contribution in [3.63, 3.8) is 0 Å². The number of anilines is 1. The third-order valence-electron chi connectivity index (χ3n) is 5.53. The highest BCUT2D eigenvalue weighted by Crippen LogP contribution is 2.20. The third-order valence-corrected chi connectivity index (χ3v) is 5.95. The fourth-order valence-corrected chi connectivity index (χ4v) is 3.67. The highest BCUT2D eigenvalue weighted by molar-refractivity contribution is 6.31. The van der Waals surface area contributed by atoms with Crippen molar-refractivity contribution in [1.82, 2.24) is 20.1 Å². The number of ether oxygens (including phenoxy) is 1. The van der Waals surface area contributed by atoms with E-state index in [2.05, 4.69) is 25.6 Å². The number of nitrogens with one attached hydrogen (secondary N) is 3. The Balaban J connectivity index is 1.64. The summed E-state index contributed by atoms with van der Waals surface area (Å²) in [6.07, 6.45) is -1.36. The normalized spacial score (nSPS) is 12.2. The van der Waals surface area contributed by atoms with Crippen LogP contribution in [-0.4, -0.2) is 54.4 Å². The molecule has 1 aromatic heterocycles. The average molecular weight is 551 g/mol. The lowest BCUT2D eigenvalue weighted by Gasteiger charge is -2.28. The van der Waals surface area contributed by atoms with Crippen molar-refractivity contribution in [3.8, 4) is 0 Å². The zero-order valence-electron chi connectivity index (χ0n) is 20.1. The maximum atomic E-state index is 14.4. The molecule has 200 valence electrons. The minimum Gasteiger partial charge on any atom is -0.447 e. The Labute approximate surface area is 220 Å². The molecule has 0 aliphatic heterocycles. The monoisotopic (exact) mass is 550 g/mol. The van der Waals surface area contributed by atoms with E-state index in [9.17, 15) is 22.8 Å². The van der Waals surface area contributed by atoms with Crippen LogP contribution < -0.4 is 15.5 Å². The van der Waals surface area contributed by atoms with Gasteiger partial charge in [0, 0.05) is 31.6 Å². The van der Waals surface area contributed by atoms with Crippen LogP contribution in [0.2, 0.25) is 5.02 Å². The summed E-state index contributed by atoms with van der Waals surface area (Å²) in [5.41, 5.74) is 7.02. The maximum absolute atomic E-state index is 14.4. The van der Waals surface area contributed by atoms with Gasteiger partial charge < -0.3 is 15.0 Å². The van der Waals surface area contributed by atoms with Crippen LogP contribution in [0.15, 0.2) is 53.8 Å². The van der Waals surface area contributed by atoms with Gasteiger partial charge in [0.05, 0.1) is 11.1 Å². The standard InChI is InChI=1S/C24H23ClF3N7O3/c1-35(23(36)31-11-15-3-2-4-20(28)22(15)25)19(9-18(27)12-32-34-29)13-38-24(37)33-21-8-16-7-17(26)6-5-14(16)10-30-21/h2-8,10,18-19,29H,9,11-13H2,1H3,(H-,30,31,33,36,37)/p+1/t18?,19-/m0/s1. The highest BCUT2D eigenvalue weighted by atomic mass is 35.5. The van der Waals surface area contributed by atoms with Crippen molar-refractivity contribution in [2.24, 2.45) is 5.11 Å². The van der Waals surface area contributed by atoms with Gasteiger partial charge in [0.1, 0.15) is 40.9 Å². The quantitative estimate of drug-likeness (QED) is 0.236. The largest absolute Gasteiger partial charge is 0.447 e. The van der Waals surface area contributed by atoms with E-state index in [0.717, 1.165) is 4.90 Å². The van der Waals surface area contributed by atoms with Crippen LogP contribution in [-0.2, 0) is 11.3 Å². The molecular formula is C24H24ClF3N7O3+. The fraction of sp³-hybridized carbons (Fsp3) is 0.292. The van der Waals surface area contributed by atoms with Crippen LogP contribution >= 0.6 is 11.6 Å². The number of fused-ring (bicyclic) bond motifs is 1. The molecule has 0 aliphatic carbocycles. The number of nitrogens with zero attached hydrogens (tertiary/aromatic N) is 4. The van der Waals surface area contributed by atoms with Crippen molar-refractivity contribution < 1.29 is 27.5 Å². The Morgan fingerprint density at radius 2 is 2.03 bits per heavy atom. The highest BCUT2D eigenvalue weighted by Gasteiger charge is 2.26. The van der Waals surface area contributed by atoms with Gasteiger partial charge in [-0.1, -0.05) is 23.7 Å². The molecule has 0 saturated heterocycles. The minimum absolute atomic E-state index is 0.0990. The van der Waals surface area contributed by atoms with E-state index in [1.54, 1.807) is 6.07 Å². The van der Waals surface area contributed by atoms with Crippen LogP contribution in [0.4, 0.5) is 28.6 Å². The molecule has 0 spiro atoms. The molecule has 3 rings (SSSR count). The number of alkyl halides is 1. The summed E-state index contributed by atoms with van der Waals surface area (Å²) < 4.78 is 46.8. The maximum Gasteiger partial charge on any atom is 0.412 e. The molecule has 38 heavy (non-hydrogen) atoms. The number of hydrogen-bond acceptors (Lipinski definition) is 6. The second-order valence-corrected chi connectivity index (χ2v) is 8.56. The molecule has 1 heterocycles. The molecule has 0 fully saturated rings. The Morgan fingerprint density at radius 1 is 1.24 bits per heavy atom. The molecule has 0 aliphatic rings. The summed E-state index contributed by atoms with van der Waals surface area (Å²) in [6, 6.07) is 8.12. The van der Waals surface area contributed by atoms with Gasteiger partial charge in [-0.25, -0.2) is 27.7 Å². The van der Waals surface area contributed by atoms with E-state index < -0.39 is 49.1 Å². The summed E-state index contributed by atoms with van der Waals surface area (Å²) >= 11 is 5.91. The first kappa shape index (κ1) is 28.4. The van der Waals surface area contributed by atoms with Crippen molar-refractivity contribution >= 4 is 40.3 Å². The average Bonchev–Trinajstić information content (AvgIpc) is 2.89. The molecule has 0 radical (unpaired) electrons. The number of hydrogen-bond donors (Lipinski definition) is 3. The van der Waals surface area contributed by atoms with Gasteiger partial charge in [0.25, 0.3) is 0 Å². The van der Waals surface area contributed by atoms with Gasteiger partial charge in [-0.05, 0) is 41.3 Å². The Hall–Kier alpha value is -4.22. The van der Waals surface area contributed by atoms with E-state index in [1.807, 2.05) is 0 Å². The van der Waals surface area contributed by atoms with Gasteiger partial charge in [0.2, 0.25) is 4.91 Å². The molecule has 3 amide bonds. The van der Waals surface area contributed by atoms with Crippen LogP contribution in [0, 0.1) is 17.2 Å². The molecule has 0 bridgehead atoms. The number of benzene rings is 2. The first-order valence-corrected chi connectivity index (χ1v) is 11.7. The smallest absolute Gasteiger partial charge is 0.412 e. The summed E-state index contributed by atoms with van der Waals surface area (Å²) in [5, 5.41) is 9.29. The van der Waals surface area contributed by atoms with Gasteiger partial charge in [-0.15, -0.1) is 0 Å². The second kappa shape index (κ2) is 13.4. The van der Waals surface area contributed by atoms with Crippen molar-refractivity contribution in [1.29, 1.82) is 5.53 Å². The first-order chi connectivity index (χ1) is 18.2. The molecule has 0 saturated carbocycles. The van der Waals surface area contributed by atoms with Gasteiger partial charge in [-0.2, -0.15) is 0 Å². The summed E-state index contributed by atoms with van der Waals surface area (Å²) in [7, 11) is 1.37. The molecule has 1 unspecified atom stereocenters. The number of carbonyl (C=O) groups excluding carboxylic acids is 2. The van der Waals surface area contributed by atoms with E-state index in [1.165, 1.54) is 49.6 Å². The molecule has 3 N–H and O–H groups in total. The van der Waals surface area contributed by atoms with Crippen LogP contribution in [0.1, 0.15) is 12.0 Å². The summed E-state index contributed by atoms with van der Waals surface area (Å²) in [5.74, 6) is -0.993. The Bertz CT molecular complexity index is 1360. The van der Waals surface area contributed by atoms with E-state index in [-0.39, 0.29) is 23.8 Å². The van der Waals surface area contributed by atoms with E-state index in [0.29, 0.717) is 16.3 Å². The molecule has 10 nitrogen and oxygen atoms in total. The second-order valence-electron chi connectivity index (χ2n) is 8.18. The predicted octanol–water partition coefficient (Wildman–Crippen LogP) is 5.20. The molecule has 14 heteroatoms. The van der Waals surface area contributed by atoms with E-state index >= 15 is 0 Å². The van der Waals surface area contributed by atoms with Crippen molar-refractivity contribution in [2.45, 2.75) is 25.2 Å². The van der Waals surface area contributed by atoms with Crippen LogP contribution in [0.5, 0.6) is 0 Å².